The Labute approximate surface area is 354 Å². The van der Waals surface area contributed by atoms with Crippen molar-refractivity contribution in [1.82, 2.24) is 29.9 Å². The number of furan rings is 2. The molecule has 0 saturated heterocycles. The minimum Gasteiger partial charge on any atom is -0.456 e. The SMILES string of the molecule is c1ccc(-c2nc(-c3ccccc3)nc(-c3ccc4c(c3)oc3ccc(-c5cccc6oc7ccc(-c8nc(-c9ccccc9)nc(-c9ccccc9)n8)cc7c56)cc34)n2)cc1. The Balaban J connectivity index is 0.959. The van der Waals surface area contributed by atoms with Crippen molar-refractivity contribution in [3.8, 4) is 79.5 Å². The van der Waals surface area contributed by atoms with E-state index in [1.54, 1.807) is 0 Å². The van der Waals surface area contributed by atoms with Crippen molar-refractivity contribution in [1.29, 1.82) is 0 Å². The molecule has 0 bridgehead atoms. The number of rotatable bonds is 7. The zero-order chi connectivity index (χ0) is 41.0. The minimum atomic E-state index is 0.573. The lowest BCUT2D eigenvalue weighted by Crippen LogP contribution is -2.00. The van der Waals surface area contributed by atoms with Crippen molar-refractivity contribution in [3.63, 3.8) is 0 Å². The number of fused-ring (bicyclic) bond motifs is 6. The molecule has 0 aliphatic carbocycles. The van der Waals surface area contributed by atoms with Gasteiger partial charge < -0.3 is 8.83 Å². The van der Waals surface area contributed by atoms with Gasteiger partial charge in [-0.25, -0.2) is 29.9 Å². The molecular weight excluding hydrogens is 765 g/mol. The summed E-state index contributed by atoms with van der Waals surface area (Å²) < 4.78 is 13.0. The largest absolute Gasteiger partial charge is 0.456 e. The first-order valence-electron chi connectivity index (χ1n) is 20.4. The fraction of sp³-hybridized carbons (Fsp3) is 0. The summed E-state index contributed by atoms with van der Waals surface area (Å²) in [5, 5.41) is 3.99. The first kappa shape index (κ1) is 35.3. The highest BCUT2D eigenvalue weighted by atomic mass is 16.3. The van der Waals surface area contributed by atoms with Gasteiger partial charge in [-0.05, 0) is 59.7 Å². The summed E-state index contributed by atoms with van der Waals surface area (Å²) in [4.78, 5) is 29.6. The van der Waals surface area contributed by atoms with Crippen LogP contribution in [-0.2, 0) is 0 Å². The van der Waals surface area contributed by atoms with Gasteiger partial charge in [0.2, 0.25) is 0 Å². The van der Waals surface area contributed by atoms with Crippen molar-refractivity contribution in [3.05, 3.63) is 194 Å². The van der Waals surface area contributed by atoms with Crippen LogP contribution in [0.25, 0.3) is 123 Å². The summed E-state index contributed by atoms with van der Waals surface area (Å²) >= 11 is 0. The molecule has 0 aliphatic heterocycles. The average Bonchev–Trinajstić information content (AvgIpc) is 3.92. The molecule has 8 nitrogen and oxygen atoms in total. The fourth-order valence-electron chi connectivity index (χ4n) is 8.17. The van der Waals surface area contributed by atoms with Crippen LogP contribution >= 0.6 is 0 Å². The van der Waals surface area contributed by atoms with Gasteiger partial charge >= 0.3 is 0 Å². The van der Waals surface area contributed by atoms with Gasteiger partial charge in [-0.15, -0.1) is 0 Å². The van der Waals surface area contributed by atoms with E-state index in [0.717, 1.165) is 88.4 Å². The van der Waals surface area contributed by atoms with Crippen molar-refractivity contribution in [2.24, 2.45) is 0 Å². The van der Waals surface area contributed by atoms with Crippen molar-refractivity contribution < 1.29 is 8.83 Å². The quantitative estimate of drug-likeness (QED) is 0.157. The van der Waals surface area contributed by atoms with E-state index in [4.69, 9.17) is 38.7 Å². The first-order chi connectivity index (χ1) is 30.7. The van der Waals surface area contributed by atoms with Crippen LogP contribution in [0.15, 0.2) is 203 Å². The second-order valence-corrected chi connectivity index (χ2v) is 15.1. The van der Waals surface area contributed by atoms with Crippen LogP contribution in [0.2, 0.25) is 0 Å². The average molecular weight is 797 g/mol. The van der Waals surface area contributed by atoms with E-state index in [1.165, 1.54) is 0 Å². The predicted octanol–water partition coefficient (Wildman–Crippen LogP) is 13.5. The summed E-state index contributed by atoms with van der Waals surface area (Å²) in [5.41, 5.74) is 10.6. The molecule has 0 N–H and O–H groups in total. The molecule has 0 radical (unpaired) electrons. The predicted molar refractivity (Wildman–Crippen MR) is 246 cm³/mol. The maximum Gasteiger partial charge on any atom is 0.164 e. The second kappa shape index (κ2) is 14.6. The van der Waals surface area contributed by atoms with Crippen LogP contribution in [0.5, 0.6) is 0 Å². The van der Waals surface area contributed by atoms with Crippen LogP contribution in [-0.4, -0.2) is 29.9 Å². The zero-order valence-electron chi connectivity index (χ0n) is 33.0. The van der Waals surface area contributed by atoms with Gasteiger partial charge in [-0.1, -0.05) is 146 Å². The maximum absolute atomic E-state index is 6.52. The standard InChI is InChI=1S/C54H32N6O2/c1-5-14-33(15-6-1)49-55-50(34-16-7-2-8-17-34)58-53(57-49)38-26-29-45-43(31-38)48-40(22-13-23-46(48)61-45)37-25-28-44-42(30-37)41-27-24-39(32-47(41)62-44)54-59-51(35-18-9-3-10-19-35)56-52(60-54)36-20-11-4-12-21-36/h1-32H. The van der Waals surface area contributed by atoms with E-state index in [2.05, 4.69) is 36.4 Å². The number of hydrogen-bond acceptors (Lipinski definition) is 8. The van der Waals surface area contributed by atoms with Crippen LogP contribution in [0.3, 0.4) is 0 Å². The highest BCUT2D eigenvalue weighted by Crippen LogP contribution is 2.41. The molecule has 62 heavy (non-hydrogen) atoms. The lowest BCUT2D eigenvalue weighted by molar-refractivity contribution is 0.669. The molecule has 4 aromatic heterocycles. The molecule has 0 atom stereocenters. The number of aromatic nitrogens is 6. The van der Waals surface area contributed by atoms with Crippen molar-refractivity contribution in [2.75, 3.05) is 0 Å². The van der Waals surface area contributed by atoms with Crippen LogP contribution in [0, 0.1) is 0 Å². The van der Waals surface area contributed by atoms with Crippen LogP contribution in [0.1, 0.15) is 0 Å². The lowest BCUT2D eigenvalue weighted by atomic mass is 9.97. The van der Waals surface area contributed by atoms with Gasteiger partial charge in [0.15, 0.2) is 34.9 Å². The molecule has 8 aromatic carbocycles. The molecule has 0 spiro atoms. The maximum atomic E-state index is 6.52. The molecule has 4 heterocycles. The molecule has 0 amide bonds. The lowest BCUT2D eigenvalue weighted by Gasteiger charge is -2.09. The molecule has 0 aliphatic rings. The first-order valence-corrected chi connectivity index (χ1v) is 20.4. The van der Waals surface area contributed by atoms with Gasteiger partial charge in [0, 0.05) is 54.9 Å². The van der Waals surface area contributed by atoms with Gasteiger partial charge in [0.05, 0.1) is 0 Å². The van der Waals surface area contributed by atoms with Gasteiger partial charge in [0.25, 0.3) is 0 Å². The van der Waals surface area contributed by atoms with Gasteiger partial charge in [-0.2, -0.15) is 0 Å². The van der Waals surface area contributed by atoms with E-state index in [1.807, 2.05) is 158 Å². The van der Waals surface area contributed by atoms with E-state index < -0.39 is 0 Å². The van der Waals surface area contributed by atoms with Gasteiger partial charge in [-0.3, -0.25) is 0 Å². The van der Waals surface area contributed by atoms with E-state index >= 15 is 0 Å². The Bertz CT molecular complexity index is 3510. The highest BCUT2D eigenvalue weighted by molar-refractivity contribution is 6.15. The van der Waals surface area contributed by atoms with E-state index in [0.29, 0.717) is 34.9 Å². The molecule has 0 fully saturated rings. The minimum absolute atomic E-state index is 0.573. The summed E-state index contributed by atoms with van der Waals surface area (Å²) in [6.45, 7) is 0. The molecule has 0 saturated carbocycles. The van der Waals surface area contributed by atoms with E-state index in [-0.39, 0.29) is 0 Å². The Morgan fingerprint density at radius 3 is 1.16 bits per heavy atom. The monoisotopic (exact) mass is 796 g/mol. The number of nitrogens with zero attached hydrogens (tertiary/aromatic N) is 6. The summed E-state index contributed by atoms with van der Waals surface area (Å²) in [6, 6.07) is 64.9. The molecular formula is C54H32N6O2. The summed E-state index contributed by atoms with van der Waals surface area (Å²) in [6.07, 6.45) is 0. The Hall–Kier alpha value is -8.62. The third-order valence-corrected chi connectivity index (χ3v) is 11.2. The Morgan fingerprint density at radius 2 is 0.645 bits per heavy atom. The highest BCUT2D eigenvalue weighted by Gasteiger charge is 2.19. The third kappa shape index (κ3) is 6.26. The van der Waals surface area contributed by atoms with Crippen molar-refractivity contribution in [2.45, 2.75) is 0 Å². The summed E-state index contributed by atoms with van der Waals surface area (Å²) in [7, 11) is 0. The number of hydrogen-bond donors (Lipinski definition) is 0. The topological polar surface area (TPSA) is 104 Å². The number of benzene rings is 8. The molecule has 12 rings (SSSR count). The molecule has 8 heteroatoms. The summed E-state index contributed by atoms with van der Waals surface area (Å²) in [5.74, 6) is 3.60. The van der Waals surface area contributed by atoms with Crippen LogP contribution in [0.4, 0.5) is 0 Å². The van der Waals surface area contributed by atoms with Gasteiger partial charge in [0.1, 0.15) is 22.3 Å². The molecule has 0 unspecified atom stereocenters. The molecule has 290 valence electrons. The smallest absolute Gasteiger partial charge is 0.164 e. The Morgan fingerprint density at radius 1 is 0.242 bits per heavy atom. The molecule has 12 aromatic rings. The second-order valence-electron chi connectivity index (χ2n) is 15.1. The Kier molecular flexibility index (Phi) is 8.31. The zero-order valence-corrected chi connectivity index (χ0v) is 33.0. The van der Waals surface area contributed by atoms with Crippen molar-refractivity contribution >= 4 is 43.9 Å². The van der Waals surface area contributed by atoms with Crippen LogP contribution < -0.4 is 0 Å². The third-order valence-electron chi connectivity index (χ3n) is 11.2. The normalized spacial score (nSPS) is 11.5. The fourth-order valence-corrected chi connectivity index (χ4v) is 8.17. The van der Waals surface area contributed by atoms with E-state index in [9.17, 15) is 0 Å².